The number of methoxy groups -OCH3 is 1. The zero-order chi connectivity index (χ0) is 13.0. The van der Waals surface area contributed by atoms with Crippen molar-refractivity contribution in [3.8, 4) is 0 Å². The van der Waals surface area contributed by atoms with Gasteiger partial charge in [0.15, 0.2) is 0 Å². The molecule has 5 heteroatoms. The Labute approximate surface area is 105 Å². The van der Waals surface area contributed by atoms with Crippen molar-refractivity contribution >= 4 is 17.0 Å². The standard InChI is InChI=1S/C13H16N2O3/c1-18-7-3-2-6-15-9-14-11-5-4-10(13(16)17)8-12(11)15/h4-5,8-9H,2-3,6-7H2,1H3,(H,16,17). The number of aromatic carboxylic acids is 1. The fraction of sp³-hybridized carbons (Fsp3) is 0.385. The highest BCUT2D eigenvalue weighted by Gasteiger charge is 2.07. The van der Waals surface area contributed by atoms with Crippen LogP contribution in [-0.4, -0.2) is 34.3 Å². The number of fused-ring (bicyclic) bond motifs is 1. The number of aromatic nitrogens is 2. The van der Waals surface area contributed by atoms with E-state index in [-0.39, 0.29) is 0 Å². The Balaban J connectivity index is 2.17. The molecule has 18 heavy (non-hydrogen) atoms. The Hall–Kier alpha value is -1.88. The highest BCUT2D eigenvalue weighted by Crippen LogP contribution is 2.15. The molecule has 96 valence electrons. The summed E-state index contributed by atoms with van der Waals surface area (Å²) in [7, 11) is 1.69. The Morgan fingerprint density at radius 2 is 2.28 bits per heavy atom. The smallest absolute Gasteiger partial charge is 0.335 e. The van der Waals surface area contributed by atoms with Crippen LogP contribution in [0.5, 0.6) is 0 Å². The average molecular weight is 248 g/mol. The lowest BCUT2D eigenvalue weighted by atomic mass is 10.2. The largest absolute Gasteiger partial charge is 0.478 e. The third-order valence-electron chi connectivity index (χ3n) is 2.87. The topological polar surface area (TPSA) is 64.4 Å². The number of carbonyl (C=O) groups is 1. The van der Waals surface area contributed by atoms with Gasteiger partial charge in [-0.15, -0.1) is 0 Å². The molecule has 2 aromatic rings. The van der Waals surface area contributed by atoms with Crippen LogP contribution in [0.25, 0.3) is 11.0 Å². The van der Waals surface area contributed by atoms with Crippen LogP contribution in [0.2, 0.25) is 0 Å². The molecule has 1 N–H and O–H groups in total. The number of imidazole rings is 1. The molecule has 0 amide bonds. The van der Waals surface area contributed by atoms with Gasteiger partial charge in [-0.3, -0.25) is 0 Å². The number of hydrogen-bond acceptors (Lipinski definition) is 3. The van der Waals surface area contributed by atoms with Crippen LogP contribution in [0.15, 0.2) is 24.5 Å². The minimum absolute atomic E-state index is 0.293. The highest BCUT2D eigenvalue weighted by molar-refractivity contribution is 5.92. The second-order valence-electron chi connectivity index (χ2n) is 4.15. The highest BCUT2D eigenvalue weighted by atomic mass is 16.5. The van der Waals surface area contributed by atoms with E-state index in [1.54, 1.807) is 31.6 Å². The summed E-state index contributed by atoms with van der Waals surface area (Å²) >= 11 is 0. The fourth-order valence-corrected chi connectivity index (χ4v) is 1.90. The molecule has 1 heterocycles. The molecule has 0 aliphatic heterocycles. The Morgan fingerprint density at radius 1 is 1.44 bits per heavy atom. The van der Waals surface area contributed by atoms with E-state index in [1.165, 1.54) is 0 Å². The van der Waals surface area contributed by atoms with E-state index in [0.717, 1.165) is 37.0 Å². The lowest BCUT2D eigenvalue weighted by Gasteiger charge is -2.04. The zero-order valence-electron chi connectivity index (χ0n) is 10.3. The minimum Gasteiger partial charge on any atom is -0.478 e. The van der Waals surface area contributed by atoms with E-state index in [4.69, 9.17) is 9.84 Å². The molecule has 0 aliphatic rings. The predicted octanol–water partition coefficient (Wildman–Crippen LogP) is 2.16. The number of carboxylic acids is 1. The lowest BCUT2D eigenvalue weighted by molar-refractivity contribution is 0.0697. The van der Waals surface area contributed by atoms with E-state index in [2.05, 4.69) is 4.98 Å². The van der Waals surface area contributed by atoms with Crippen LogP contribution >= 0.6 is 0 Å². The molecular formula is C13H16N2O3. The van der Waals surface area contributed by atoms with E-state index >= 15 is 0 Å². The molecule has 0 aliphatic carbocycles. The molecule has 1 aromatic heterocycles. The molecule has 0 saturated heterocycles. The van der Waals surface area contributed by atoms with Gasteiger partial charge in [-0.05, 0) is 31.0 Å². The van der Waals surface area contributed by atoms with Crippen molar-refractivity contribution < 1.29 is 14.6 Å². The second kappa shape index (κ2) is 5.64. The van der Waals surface area contributed by atoms with Crippen LogP contribution in [0.3, 0.4) is 0 Å². The average Bonchev–Trinajstić information content (AvgIpc) is 2.77. The lowest BCUT2D eigenvalue weighted by Crippen LogP contribution is -2.00. The maximum absolute atomic E-state index is 10.9. The van der Waals surface area contributed by atoms with E-state index in [9.17, 15) is 4.79 Å². The maximum atomic E-state index is 10.9. The van der Waals surface area contributed by atoms with Gasteiger partial charge in [0.1, 0.15) is 0 Å². The van der Waals surface area contributed by atoms with Crippen molar-refractivity contribution in [1.82, 2.24) is 9.55 Å². The van der Waals surface area contributed by atoms with Crippen LogP contribution in [-0.2, 0) is 11.3 Å². The number of rotatable bonds is 6. The number of carboxylic acid groups (broad SMARTS) is 1. The molecule has 0 fully saturated rings. The molecule has 0 bridgehead atoms. The van der Waals surface area contributed by atoms with Crippen LogP contribution in [0.4, 0.5) is 0 Å². The third kappa shape index (κ3) is 2.68. The van der Waals surface area contributed by atoms with Crippen LogP contribution in [0, 0.1) is 0 Å². The summed E-state index contributed by atoms with van der Waals surface area (Å²) < 4.78 is 6.98. The van der Waals surface area contributed by atoms with Gasteiger partial charge in [0.25, 0.3) is 0 Å². The van der Waals surface area contributed by atoms with Crippen molar-refractivity contribution in [3.63, 3.8) is 0 Å². The predicted molar refractivity (Wildman–Crippen MR) is 67.8 cm³/mol. The van der Waals surface area contributed by atoms with Gasteiger partial charge in [0, 0.05) is 20.3 Å². The van der Waals surface area contributed by atoms with Gasteiger partial charge >= 0.3 is 5.97 Å². The van der Waals surface area contributed by atoms with Gasteiger partial charge in [-0.25, -0.2) is 9.78 Å². The summed E-state index contributed by atoms with van der Waals surface area (Å²) in [6, 6.07) is 4.98. The first-order valence-corrected chi connectivity index (χ1v) is 5.89. The molecule has 0 spiro atoms. The Kier molecular flexibility index (Phi) is 3.94. The van der Waals surface area contributed by atoms with Gasteiger partial charge < -0.3 is 14.4 Å². The molecule has 0 saturated carbocycles. The van der Waals surface area contributed by atoms with Gasteiger partial charge in [0.2, 0.25) is 0 Å². The van der Waals surface area contributed by atoms with Crippen molar-refractivity contribution in [2.24, 2.45) is 0 Å². The minimum atomic E-state index is -0.913. The summed E-state index contributed by atoms with van der Waals surface area (Å²) in [5, 5.41) is 8.97. The summed E-state index contributed by atoms with van der Waals surface area (Å²) in [5.41, 5.74) is 1.99. The number of nitrogens with zero attached hydrogens (tertiary/aromatic N) is 2. The normalized spacial score (nSPS) is 10.9. The van der Waals surface area contributed by atoms with Gasteiger partial charge in [-0.1, -0.05) is 0 Å². The second-order valence-corrected chi connectivity index (χ2v) is 4.15. The molecule has 0 radical (unpaired) electrons. The summed E-state index contributed by atoms with van der Waals surface area (Å²) in [4.78, 5) is 15.2. The van der Waals surface area contributed by atoms with E-state index < -0.39 is 5.97 Å². The monoisotopic (exact) mass is 248 g/mol. The fourth-order valence-electron chi connectivity index (χ4n) is 1.90. The third-order valence-corrected chi connectivity index (χ3v) is 2.87. The van der Waals surface area contributed by atoms with Crippen LogP contribution in [0.1, 0.15) is 23.2 Å². The molecule has 0 unspecified atom stereocenters. The molecule has 0 atom stereocenters. The quantitative estimate of drug-likeness (QED) is 0.796. The Morgan fingerprint density at radius 3 is 3.00 bits per heavy atom. The van der Waals surface area contributed by atoms with Crippen molar-refractivity contribution in [3.05, 3.63) is 30.1 Å². The van der Waals surface area contributed by atoms with Crippen molar-refractivity contribution in [2.45, 2.75) is 19.4 Å². The first kappa shape index (κ1) is 12.6. The number of aryl methyl sites for hydroxylation is 1. The molecule has 1 aromatic carbocycles. The Bertz CT molecular complexity index is 548. The summed E-state index contributed by atoms with van der Waals surface area (Å²) in [6.07, 6.45) is 3.72. The molecule has 5 nitrogen and oxygen atoms in total. The number of benzene rings is 1. The number of ether oxygens (including phenoxy) is 1. The maximum Gasteiger partial charge on any atom is 0.335 e. The molecule has 2 rings (SSSR count). The first-order valence-electron chi connectivity index (χ1n) is 5.89. The number of hydrogen-bond donors (Lipinski definition) is 1. The SMILES string of the molecule is COCCCCn1cnc2ccc(C(=O)O)cc21. The first-order chi connectivity index (χ1) is 8.72. The van der Waals surface area contributed by atoms with E-state index in [0.29, 0.717) is 5.56 Å². The summed E-state index contributed by atoms with van der Waals surface area (Å²) in [6.45, 7) is 1.57. The van der Waals surface area contributed by atoms with Crippen molar-refractivity contribution in [2.75, 3.05) is 13.7 Å². The molecular weight excluding hydrogens is 232 g/mol. The van der Waals surface area contributed by atoms with E-state index in [1.807, 2.05) is 4.57 Å². The summed E-state index contributed by atoms with van der Waals surface area (Å²) in [5.74, 6) is -0.913. The number of unbranched alkanes of at least 4 members (excludes halogenated alkanes) is 1. The van der Waals surface area contributed by atoms with Crippen LogP contribution < -0.4 is 0 Å². The van der Waals surface area contributed by atoms with Crippen molar-refractivity contribution in [1.29, 1.82) is 0 Å². The zero-order valence-corrected chi connectivity index (χ0v) is 10.3. The van der Waals surface area contributed by atoms with Gasteiger partial charge in [0.05, 0.1) is 22.9 Å². The van der Waals surface area contributed by atoms with Gasteiger partial charge in [-0.2, -0.15) is 0 Å².